The van der Waals surface area contributed by atoms with Gasteiger partial charge in [0.15, 0.2) is 11.5 Å². The third-order valence-electron chi connectivity index (χ3n) is 5.98. The van der Waals surface area contributed by atoms with Crippen LogP contribution in [0.5, 0.6) is 0 Å². The zero-order chi connectivity index (χ0) is 23.8. The molecule has 1 atom stereocenters. The highest BCUT2D eigenvalue weighted by Gasteiger charge is 2.31. The molecule has 2 fully saturated rings. The summed E-state index contributed by atoms with van der Waals surface area (Å²) in [5.74, 6) is 0.932. The largest absolute Gasteiger partial charge is 0.444 e. The molecular formula is C23H33N7O3. The zero-order valence-electron chi connectivity index (χ0n) is 20.0. The van der Waals surface area contributed by atoms with E-state index in [2.05, 4.69) is 26.3 Å². The molecule has 0 radical (unpaired) electrons. The number of aromatic nitrogens is 5. The van der Waals surface area contributed by atoms with Gasteiger partial charge in [-0.15, -0.1) is 0 Å². The molecule has 0 saturated carbocycles. The van der Waals surface area contributed by atoms with Gasteiger partial charge in [-0.1, -0.05) is 0 Å². The number of carbonyl (C=O) groups is 1. The molecule has 0 spiro atoms. The lowest BCUT2D eigenvalue weighted by atomic mass is 10.2. The van der Waals surface area contributed by atoms with Crippen LogP contribution in [0.15, 0.2) is 24.8 Å². The van der Waals surface area contributed by atoms with Crippen molar-refractivity contribution in [2.75, 3.05) is 38.2 Å². The predicted octanol–water partition coefficient (Wildman–Crippen LogP) is 2.90. The molecule has 33 heavy (non-hydrogen) atoms. The molecule has 10 heteroatoms. The lowest BCUT2D eigenvalue weighted by molar-refractivity contribution is 0.0288. The van der Waals surface area contributed by atoms with Gasteiger partial charge in [0.1, 0.15) is 5.60 Å². The highest BCUT2D eigenvalue weighted by molar-refractivity contribution is 5.72. The smallest absolute Gasteiger partial charge is 0.410 e. The van der Waals surface area contributed by atoms with Gasteiger partial charge < -0.3 is 19.6 Å². The second-order valence-electron chi connectivity index (χ2n) is 9.41. The number of aryl methyl sites for hydroxylation is 1. The van der Waals surface area contributed by atoms with E-state index in [1.54, 1.807) is 4.90 Å². The number of imidazole rings is 1. The standard InChI is InChI=1S/C22H29N7O2.CH4O/c1-15-18(25-20(26-8-5-9-26)19-23-7-11-28(15)19)16-12-24-29(13-16)17-6-10-27(14-17)21(30)31-22(2,3)4;1-2/h7,11-13,17H,5-6,8-10,14H2,1-4H3;2H,1H3/t17-;/m1./s1. The SMILES string of the molecule is CO.Cc1c(-c2cnn([C@@H]3CCN(C(=O)OC(C)(C)C)C3)c2)nc(N2CCC2)c2nccn12. The van der Waals surface area contributed by atoms with Crippen LogP contribution in [-0.2, 0) is 4.74 Å². The van der Waals surface area contributed by atoms with E-state index in [1.807, 2.05) is 50.2 Å². The van der Waals surface area contributed by atoms with Crippen LogP contribution in [-0.4, -0.2) is 79.1 Å². The third-order valence-corrected chi connectivity index (χ3v) is 5.98. The maximum Gasteiger partial charge on any atom is 0.410 e. The second-order valence-corrected chi connectivity index (χ2v) is 9.41. The van der Waals surface area contributed by atoms with E-state index >= 15 is 0 Å². The molecule has 1 amide bonds. The number of hydrogen-bond donors (Lipinski definition) is 1. The molecule has 0 unspecified atom stereocenters. The lowest BCUT2D eigenvalue weighted by Crippen LogP contribution is -2.38. The summed E-state index contributed by atoms with van der Waals surface area (Å²) in [5.41, 5.74) is 3.35. The highest BCUT2D eigenvalue weighted by Crippen LogP contribution is 2.31. The van der Waals surface area contributed by atoms with E-state index in [1.165, 1.54) is 6.42 Å². The third kappa shape index (κ3) is 4.52. The molecule has 3 aromatic rings. The first-order chi connectivity index (χ1) is 15.8. The molecular weight excluding hydrogens is 422 g/mol. The van der Waals surface area contributed by atoms with E-state index < -0.39 is 5.60 Å². The van der Waals surface area contributed by atoms with E-state index in [0.29, 0.717) is 13.1 Å². The summed E-state index contributed by atoms with van der Waals surface area (Å²) >= 11 is 0. The molecule has 10 nitrogen and oxygen atoms in total. The van der Waals surface area contributed by atoms with Crippen molar-refractivity contribution < 1.29 is 14.6 Å². The maximum atomic E-state index is 12.4. The number of carbonyl (C=O) groups excluding carboxylic acids is 1. The Morgan fingerprint density at radius 3 is 2.64 bits per heavy atom. The number of nitrogens with zero attached hydrogens (tertiary/aromatic N) is 7. The second kappa shape index (κ2) is 9.01. The molecule has 0 aliphatic carbocycles. The number of aliphatic hydroxyl groups excluding tert-OH is 1. The number of ether oxygens (including phenoxy) is 1. The van der Waals surface area contributed by atoms with Gasteiger partial charge in [-0.05, 0) is 40.5 Å². The summed E-state index contributed by atoms with van der Waals surface area (Å²) in [6, 6.07) is 0.133. The van der Waals surface area contributed by atoms with Crippen LogP contribution in [0.3, 0.4) is 0 Å². The van der Waals surface area contributed by atoms with Crippen molar-refractivity contribution in [2.45, 2.75) is 52.2 Å². The van der Waals surface area contributed by atoms with Gasteiger partial charge >= 0.3 is 6.09 Å². The molecule has 0 aromatic carbocycles. The van der Waals surface area contributed by atoms with Crippen LogP contribution < -0.4 is 4.90 Å². The van der Waals surface area contributed by atoms with Crippen molar-refractivity contribution in [3.63, 3.8) is 0 Å². The fraction of sp³-hybridized carbons (Fsp3) is 0.565. The topological polar surface area (TPSA) is 101 Å². The van der Waals surface area contributed by atoms with Crippen molar-refractivity contribution in [1.29, 1.82) is 0 Å². The van der Waals surface area contributed by atoms with Gasteiger partial charge in [-0.2, -0.15) is 5.10 Å². The monoisotopic (exact) mass is 455 g/mol. The Bertz CT molecular complexity index is 1130. The molecule has 5 rings (SSSR count). The normalized spacial score (nSPS) is 18.2. The quantitative estimate of drug-likeness (QED) is 0.648. The minimum absolute atomic E-state index is 0.133. The predicted molar refractivity (Wildman–Crippen MR) is 125 cm³/mol. The minimum Gasteiger partial charge on any atom is -0.444 e. The summed E-state index contributed by atoms with van der Waals surface area (Å²) in [6.07, 6.45) is 9.50. The molecule has 5 heterocycles. The number of amides is 1. The van der Waals surface area contributed by atoms with Gasteiger partial charge in [0, 0.05) is 63.1 Å². The van der Waals surface area contributed by atoms with Crippen LogP contribution >= 0.6 is 0 Å². The Hall–Kier alpha value is -3.14. The van der Waals surface area contributed by atoms with Crippen LogP contribution in [0.2, 0.25) is 0 Å². The number of fused-ring (bicyclic) bond motifs is 1. The highest BCUT2D eigenvalue weighted by atomic mass is 16.6. The van der Waals surface area contributed by atoms with Gasteiger partial charge in [-0.25, -0.2) is 14.8 Å². The van der Waals surface area contributed by atoms with Crippen molar-refractivity contribution in [3.8, 4) is 11.3 Å². The molecule has 0 bridgehead atoms. The first-order valence-electron chi connectivity index (χ1n) is 11.4. The molecule has 3 aromatic heterocycles. The summed E-state index contributed by atoms with van der Waals surface area (Å²) < 4.78 is 9.58. The molecule has 2 aliphatic rings. The van der Waals surface area contributed by atoms with E-state index in [0.717, 1.165) is 55.0 Å². The Kier molecular flexibility index (Phi) is 6.29. The van der Waals surface area contributed by atoms with Crippen molar-refractivity contribution in [2.24, 2.45) is 0 Å². The Morgan fingerprint density at radius 2 is 1.97 bits per heavy atom. The molecule has 2 saturated heterocycles. The number of anilines is 1. The Labute approximate surface area is 193 Å². The molecule has 2 aliphatic heterocycles. The maximum absolute atomic E-state index is 12.4. The van der Waals surface area contributed by atoms with Crippen molar-refractivity contribution in [3.05, 3.63) is 30.5 Å². The van der Waals surface area contributed by atoms with Gasteiger partial charge in [-0.3, -0.25) is 9.08 Å². The fourth-order valence-electron chi connectivity index (χ4n) is 4.21. The van der Waals surface area contributed by atoms with Crippen molar-refractivity contribution in [1.82, 2.24) is 29.0 Å². The zero-order valence-corrected chi connectivity index (χ0v) is 20.0. The average Bonchev–Trinajstić information content (AvgIpc) is 3.49. The minimum atomic E-state index is -0.489. The van der Waals surface area contributed by atoms with E-state index in [9.17, 15) is 4.79 Å². The summed E-state index contributed by atoms with van der Waals surface area (Å²) in [5, 5.41) is 11.6. The lowest BCUT2D eigenvalue weighted by Gasteiger charge is -2.32. The first kappa shape index (κ1) is 23.0. The number of rotatable bonds is 3. The van der Waals surface area contributed by atoms with Crippen LogP contribution in [0.4, 0.5) is 10.6 Å². The first-order valence-corrected chi connectivity index (χ1v) is 11.4. The number of likely N-dealkylation sites (tertiary alicyclic amines) is 1. The van der Waals surface area contributed by atoms with Crippen LogP contribution in [0.25, 0.3) is 16.9 Å². The van der Waals surface area contributed by atoms with E-state index in [-0.39, 0.29) is 12.1 Å². The average molecular weight is 456 g/mol. The van der Waals surface area contributed by atoms with Crippen LogP contribution in [0, 0.1) is 6.92 Å². The van der Waals surface area contributed by atoms with Gasteiger partial charge in [0.05, 0.1) is 17.9 Å². The van der Waals surface area contributed by atoms with Gasteiger partial charge in [0.25, 0.3) is 0 Å². The molecule has 1 N–H and O–H groups in total. The van der Waals surface area contributed by atoms with Crippen LogP contribution in [0.1, 0.15) is 45.3 Å². The summed E-state index contributed by atoms with van der Waals surface area (Å²) in [6.45, 7) is 11.0. The summed E-state index contributed by atoms with van der Waals surface area (Å²) in [4.78, 5) is 25.9. The summed E-state index contributed by atoms with van der Waals surface area (Å²) in [7, 11) is 1.00. The molecule has 178 valence electrons. The van der Waals surface area contributed by atoms with Crippen molar-refractivity contribution >= 4 is 17.6 Å². The number of aliphatic hydroxyl groups is 1. The Balaban J connectivity index is 0.00000126. The van der Waals surface area contributed by atoms with E-state index in [4.69, 9.17) is 14.8 Å². The van der Waals surface area contributed by atoms with Gasteiger partial charge in [0.2, 0.25) is 0 Å². The fourth-order valence-corrected chi connectivity index (χ4v) is 4.21. The Morgan fingerprint density at radius 1 is 1.21 bits per heavy atom. The number of hydrogen-bond acceptors (Lipinski definition) is 7.